The van der Waals surface area contributed by atoms with Crippen molar-refractivity contribution < 1.29 is 18.0 Å². The molecule has 3 aromatic carbocycles. The Bertz CT molecular complexity index is 883. The lowest BCUT2D eigenvalue weighted by Gasteiger charge is -2.10. The fourth-order valence-electron chi connectivity index (χ4n) is 2.50. The summed E-state index contributed by atoms with van der Waals surface area (Å²) in [6.07, 6.45) is -4.35. The Morgan fingerprint density at radius 3 is 2.22 bits per heavy atom. The van der Waals surface area contributed by atoms with Gasteiger partial charge in [0.15, 0.2) is 0 Å². The Morgan fingerprint density at radius 1 is 0.913 bits per heavy atom. The molecular formula is C18H10ClF3O. The van der Waals surface area contributed by atoms with Crippen LogP contribution in [0.3, 0.4) is 0 Å². The summed E-state index contributed by atoms with van der Waals surface area (Å²) in [4.78, 5) is 11.2. The highest BCUT2D eigenvalue weighted by atomic mass is 35.5. The minimum absolute atomic E-state index is 0.378. The molecule has 0 aliphatic carbocycles. The molecule has 0 saturated carbocycles. The van der Waals surface area contributed by atoms with Gasteiger partial charge in [-0.1, -0.05) is 36.4 Å². The molecule has 3 rings (SSSR count). The number of fused-ring (bicyclic) bond motifs is 1. The van der Waals surface area contributed by atoms with Gasteiger partial charge in [-0.2, -0.15) is 13.2 Å². The van der Waals surface area contributed by atoms with Gasteiger partial charge in [0.2, 0.25) is 0 Å². The molecule has 5 heteroatoms. The second-order valence-electron chi connectivity index (χ2n) is 5.09. The van der Waals surface area contributed by atoms with Crippen LogP contribution in [0.1, 0.15) is 15.9 Å². The Hall–Kier alpha value is -2.33. The zero-order chi connectivity index (χ0) is 16.6. The molecule has 3 aromatic rings. The maximum absolute atomic E-state index is 12.7. The average molecular weight is 335 g/mol. The molecule has 0 fully saturated rings. The van der Waals surface area contributed by atoms with E-state index >= 15 is 0 Å². The van der Waals surface area contributed by atoms with Crippen molar-refractivity contribution in [3.63, 3.8) is 0 Å². The van der Waals surface area contributed by atoms with Crippen molar-refractivity contribution in [3.05, 3.63) is 71.8 Å². The van der Waals surface area contributed by atoms with Crippen LogP contribution in [0, 0.1) is 0 Å². The first kappa shape index (κ1) is 15.6. The summed E-state index contributed by atoms with van der Waals surface area (Å²) in [6, 6.07) is 15.5. The van der Waals surface area contributed by atoms with E-state index in [-0.39, 0.29) is 0 Å². The summed E-state index contributed by atoms with van der Waals surface area (Å²) < 4.78 is 38.0. The molecule has 0 bridgehead atoms. The lowest BCUT2D eigenvalue weighted by Crippen LogP contribution is -2.04. The predicted molar refractivity (Wildman–Crippen MR) is 84.6 cm³/mol. The van der Waals surface area contributed by atoms with Crippen LogP contribution in [0.5, 0.6) is 0 Å². The van der Waals surface area contributed by atoms with Crippen molar-refractivity contribution in [1.82, 2.24) is 0 Å². The third-order valence-corrected chi connectivity index (χ3v) is 3.85. The molecule has 0 heterocycles. The molecule has 0 aliphatic heterocycles. The fraction of sp³-hybridized carbons (Fsp3) is 0.0556. The predicted octanol–water partition coefficient (Wildman–Crippen LogP) is 5.90. The Labute approximate surface area is 135 Å². The molecule has 0 saturated heterocycles. The molecule has 0 spiro atoms. The van der Waals surface area contributed by atoms with Gasteiger partial charge in [0.05, 0.1) is 5.56 Å². The molecule has 0 atom stereocenters. The smallest absolute Gasteiger partial charge is 0.276 e. The highest BCUT2D eigenvalue weighted by molar-refractivity contribution is 6.67. The first-order valence-electron chi connectivity index (χ1n) is 6.76. The van der Waals surface area contributed by atoms with Gasteiger partial charge in [0, 0.05) is 5.56 Å². The minimum Gasteiger partial charge on any atom is -0.276 e. The van der Waals surface area contributed by atoms with Crippen molar-refractivity contribution in [1.29, 1.82) is 0 Å². The fourth-order valence-corrected chi connectivity index (χ4v) is 2.61. The number of hydrogen-bond acceptors (Lipinski definition) is 1. The number of carbonyl (C=O) groups excluding carboxylic acids is 1. The minimum atomic E-state index is -4.35. The standard InChI is InChI=1S/C18H10ClF3O/c19-17(23)13-6-9-16-12(10-13)2-1-3-15(16)11-4-7-14(8-5-11)18(20,21)22/h1-10H. The van der Waals surface area contributed by atoms with Gasteiger partial charge in [-0.3, -0.25) is 4.79 Å². The summed E-state index contributed by atoms with van der Waals surface area (Å²) >= 11 is 5.48. The second kappa shape index (κ2) is 5.70. The van der Waals surface area contributed by atoms with Gasteiger partial charge < -0.3 is 0 Å². The van der Waals surface area contributed by atoms with Gasteiger partial charge in [-0.25, -0.2) is 0 Å². The number of benzene rings is 3. The zero-order valence-corrected chi connectivity index (χ0v) is 12.4. The van der Waals surface area contributed by atoms with Gasteiger partial charge >= 0.3 is 6.18 Å². The third kappa shape index (κ3) is 3.08. The molecular weight excluding hydrogens is 325 g/mol. The van der Waals surface area contributed by atoms with E-state index in [1.54, 1.807) is 24.3 Å². The van der Waals surface area contributed by atoms with E-state index < -0.39 is 17.0 Å². The van der Waals surface area contributed by atoms with E-state index in [0.29, 0.717) is 11.1 Å². The molecule has 0 radical (unpaired) electrons. The SMILES string of the molecule is O=C(Cl)c1ccc2c(-c3ccc(C(F)(F)F)cc3)cccc2c1. The molecule has 1 nitrogen and oxygen atoms in total. The topological polar surface area (TPSA) is 17.1 Å². The number of rotatable bonds is 2. The maximum Gasteiger partial charge on any atom is 0.416 e. The highest BCUT2D eigenvalue weighted by Gasteiger charge is 2.30. The highest BCUT2D eigenvalue weighted by Crippen LogP contribution is 2.33. The van der Waals surface area contributed by atoms with Crippen molar-refractivity contribution in [2.45, 2.75) is 6.18 Å². The maximum atomic E-state index is 12.7. The number of carbonyl (C=O) groups is 1. The Kier molecular flexibility index (Phi) is 3.86. The van der Waals surface area contributed by atoms with E-state index in [0.717, 1.165) is 28.5 Å². The van der Waals surface area contributed by atoms with E-state index in [2.05, 4.69) is 0 Å². The summed E-state index contributed by atoms with van der Waals surface area (Å²) in [7, 11) is 0. The molecule has 23 heavy (non-hydrogen) atoms. The second-order valence-corrected chi connectivity index (χ2v) is 5.43. The number of alkyl halides is 3. The molecule has 0 amide bonds. The van der Waals surface area contributed by atoms with E-state index in [9.17, 15) is 18.0 Å². The van der Waals surface area contributed by atoms with Crippen LogP contribution in [0.25, 0.3) is 21.9 Å². The Morgan fingerprint density at radius 2 is 1.61 bits per heavy atom. The Balaban J connectivity index is 2.11. The summed E-state index contributed by atoms with van der Waals surface area (Å²) in [5.41, 5.74) is 1.17. The lowest BCUT2D eigenvalue weighted by atomic mass is 9.96. The van der Waals surface area contributed by atoms with Crippen molar-refractivity contribution in [3.8, 4) is 11.1 Å². The van der Waals surface area contributed by atoms with Gasteiger partial charge in [0.25, 0.3) is 5.24 Å². The lowest BCUT2D eigenvalue weighted by molar-refractivity contribution is -0.137. The van der Waals surface area contributed by atoms with Crippen molar-refractivity contribution >= 4 is 27.6 Å². The van der Waals surface area contributed by atoms with Gasteiger partial charge in [0.1, 0.15) is 0 Å². The van der Waals surface area contributed by atoms with Gasteiger partial charge in [-0.15, -0.1) is 0 Å². The van der Waals surface area contributed by atoms with Crippen LogP contribution in [0.4, 0.5) is 13.2 Å². The van der Waals surface area contributed by atoms with Crippen molar-refractivity contribution in [2.24, 2.45) is 0 Å². The molecule has 0 aliphatic rings. The summed E-state index contributed by atoms with van der Waals surface area (Å²) in [5.74, 6) is 0. The zero-order valence-electron chi connectivity index (χ0n) is 11.7. The van der Waals surface area contributed by atoms with Gasteiger partial charge in [-0.05, 0) is 57.8 Å². The number of hydrogen-bond donors (Lipinski definition) is 0. The molecule has 0 N–H and O–H groups in total. The first-order valence-corrected chi connectivity index (χ1v) is 7.14. The average Bonchev–Trinajstić information content (AvgIpc) is 2.53. The van der Waals surface area contributed by atoms with Crippen molar-refractivity contribution in [2.75, 3.05) is 0 Å². The van der Waals surface area contributed by atoms with Crippen LogP contribution < -0.4 is 0 Å². The normalized spacial score (nSPS) is 11.7. The first-order chi connectivity index (χ1) is 10.9. The van der Waals surface area contributed by atoms with Crippen LogP contribution >= 0.6 is 11.6 Å². The van der Waals surface area contributed by atoms with E-state index in [4.69, 9.17) is 11.6 Å². The van der Waals surface area contributed by atoms with E-state index in [1.807, 2.05) is 12.1 Å². The quantitative estimate of drug-likeness (QED) is 0.533. The molecule has 0 unspecified atom stereocenters. The van der Waals surface area contributed by atoms with Crippen LogP contribution in [-0.2, 0) is 6.18 Å². The molecule has 0 aromatic heterocycles. The van der Waals surface area contributed by atoms with Crippen LogP contribution in [0.2, 0.25) is 0 Å². The molecule has 116 valence electrons. The largest absolute Gasteiger partial charge is 0.416 e. The summed E-state index contributed by atoms with van der Waals surface area (Å²) in [5, 5.41) is 1.09. The number of halogens is 4. The van der Waals surface area contributed by atoms with Crippen LogP contribution in [0.15, 0.2) is 60.7 Å². The van der Waals surface area contributed by atoms with Crippen LogP contribution in [-0.4, -0.2) is 5.24 Å². The monoisotopic (exact) mass is 334 g/mol. The van der Waals surface area contributed by atoms with E-state index in [1.165, 1.54) is 12.1 Å². The summed E-state index contributed by atoms with van der Waals surface area (Å²) in [6.45, 7) is 0. The third-order valence-electron chi connectivity index (χ3n) is 3.63.